The molecule has 0 bridgehead atoms. The van der Waals surface area contributed by atoms with Crippen LogP contribution in [0.4, 0.5) is 4.39 Å². The van der Waals surface area contributed by atoms with Crippen molar-refractivity contribution in [2.24, 2.45) is 0 Å². The number of carboxylic acid groups (broad SMARTS) is 1. The van der Waals surface area contributed by atoms with Gasteiger partial charge in [0.2, 0.25) is 0 Å². The van der Waals surface area contributed by atoms with E-state index in [9.17, 15) is 14.3 Å². The zero-order valence-corrected chi connectivity index (χ0v) is 21.3. The lowest BCUT2D eigenvalue weighted by Gasteiger charge is -2.28. The summed E-state index contributed by atoms with van der Waals surface area (Å²) in [6.45, 7) is 7.55. The van der Waals surface area contributed by atoms with Gasteiger partial charge in [-0.3, -0.25) is 9.69 Å². The lowest BCUT2D eigenvalue weighted by atomic mass is 9.92. The van der Waals surface area contributed by atoms with Crippen LogP contribution in [0, 0.1) is 19.7 Å². The SMILES string of the molecule is CCCC(OC[C@H](O)CN1CCC[C@H]1Cc1ccc(C)c(F)c1)c1cccc(C)c1CCC(=O)O. The van der Waals surface area contributed by atoms with Gasteiger partial charge in [-0.05, 0) is 86.4 Å². The van der Waals surface area contributed by atoms with Crippen LogP contribution in [0.5, 0.6) is 0 Å². The van der Waals surface area contributed by atoms with Gasteiger partial charge < -0.3 is 14.9 Å². The van der Waals surface area contributed by atoms with Crippen LogP contribution in [0.3, 0.4) is 0 Å². The Morgan fingerprint density at radius 3 is 2.74 bits per heavy atom. The molecule has 2 aromatic rings. The Labute approximate surface area is 208 Å². The third-order valence-corrected chi connectivity index (χ3v) is 7.07. The van der Waals surface area contributed by atoms with E-state index in [1.807, 2.05) is 37.3 Å². The van der Waals surface area contributed by atoms with Crippen molar-refractivity contribution in [2.75, 3.05) is 19.7 Å². The monoisotopic (exact) mass is 485 g/mol. The molecule has 5 nitrogen and oxygen atoms in total. The summed E-state index contributed by atoms with van der Waals surface area (Å²) in [6, 6.07) is 11.8. The van der Waals surface area contributed by atoms with Crippen molar-refractivity contribution in [3.05, 3.63) is 70.0 Å². The number of ether oxygens (including phenoxy) is 1. The highest BCUT2D eigenvalue weighted by Crippen LogP contribution is 2.30. The fourth-order valence-electron chi connectivity index (χ4n) is 5.14. The number of nitrogens with zero attached hydrogens (tertiary/aromatic N) is 1. The molecule has 1 heterocycles. The summed E-state index contributed by atoms with van der Waals surface area (Å²) >= 11 is 0. The Morgan fingerprint density at radius 2 is 2.03 bits per heavy atom. The van der Waals surface area contributed by atoms with Crippen LogP contribution in [-0.2, 0) is 22.4 Å². The first-order chi connectivity index (χ1) is 16.8. The predicted octanol–water partition coefficient (Wildman–Crippen LogP) is 5.39. The minimum atomic E-state index is -0.809. The maximum Gasteiger partial charge on any atom is 0.303 e. The molecule has 6 heteroatoms. The van der Waals surface area contributed by atoms with Crippen LogP contribution in [0.15, 0.2) is 36.4 Å². The normalized spacial score (nSPS) is 18.0. The summed E-state index contributed by atoms with van der Waals surface area (Å²) in [5, 5.41) is 20.0. The van der Waals surface area contributed by atoms with Gasteiger partial charge in [0.25, 0.3) is 0 Å². The van der Waals surface area contributed by atoms with E-state index in [0.717, 1.165) is 60.9 Å². The van der Waals surface area contributed by atoms with Crippen LogP contribution in [0.1, 0.15) is 72.9 Å². The Hall–Kier alpha value is -2.28. The van der Waals surface area contributed by atoms with Crippen LogP contribution < -0.4 is 0 Å². The van der Waals surface area contributed by atoms with Crippen molar-refractivity contribution in [3.63, 3.8) is 0 Å². The van der Waals surface area contributed by atoms with E-state index in [1.54, 1.807) is 13.0 Å². The number of hydrogen-bond acceptors (Lipinski definition) is 4. The first kappa shape index (κ1) is 27.3. The van der Waals surface area contributed by atoms with E-state index >= 15 is 0 Å². The number of benzene rings is 2. The number of hydrogen-bond donors (Lipinski definition) is 2. The summed E-state index contributed by atoms with van der Waals surface area (Å²) < 4.78 is 20.2. The van der Waals surface area contributed by atoms with E-state index in [0.29, 0.717) is 18.5 Å². The van der Waals surface area contributed by atoms with Crippen LogP contribution in [0.25, 0.3) is 0 Å². The number of β-amino-alcohol motifs (C(OH)–C–C–N with tert-alkyl or cyclic N) is 1. The summed E-state index contributed by atoms with van der Waals surface area (Å²) in [5.74, 6) is -0.975. The largest absolute Gasteiger partial charge is 0.481 e. The standard InChI is InChI=1S/C29H40FNO4/c1-4-7-28(26-10-5-8-20(2)25(26)13-14-29(33)34)35-19-24(32)18-31-15-6-9-23(31)16-22-12-11-21(3)27(30)17-22/h5,8,10-12,17,23-24,28,32H,4,6-7,9,13-16,18-19H2,1-3H3,(H,33,34)/t23-,24+,28?/m0/s1. The second-order valence-electron chi connectivity index (χ2n) is 9.88. The van der Waals surface area contributed by atoms with Gasteiger partial charge in [0, 0.05) is 19.0 Å². The smallest absolute Gasteiger partial charge is 0.303 e. The molecule has 0 aromatic heterocycles. The third-order valence-electron chi connectivity index (χ3n) is 7.07. The molecule has 0 radical (unpaired) electrons. The summed E-state index contributed by atoms with van der Waals surface area (Å²) in [6.07, 6.45) is 4.37. The average molecular weight is 486 g/mol. The van der Waals surface area contributed by atoms with Crippen molar-refractivity contribution in [3.8, 4) is 0 Å². The molecule has 0 aliphatic carbocycles. The molecule has 35 heavy (non-hydrogen) atoms. The fourth-order valence-corrected chi connectivity index (χ4v) is 5.14. The predicted molar refractivity (Wildman–Crippen MR) is 136 cm³/mol. The number of halogens is 1. The molecule has 0 spiro atoms. The van der Waals surface area contributed by atoms with Gasteiger partial charge in [-0.25, -0.2) is 4.39 Å². The highest BCUT2D eigenvalue weighted by molar-refractivity contribution is 5.67. The molecule has 1 aliphatic heterocycles. The van der Waals surface area contributed by atoms with Gasteiger partial charge in [0.15, 0.2) is 0 Å². The number of carboxylic acids is 1. The van der Waals surface area contributed by atoms with Crippen molar-refractivity contribution >= 4 is 5.97 Å². The number of aliphatic carboxylic acids is 1. The lowest BCUT2D eigenvalue weighted by Crippen LogP contribution is -2.39. The molecule has 0 saturated carbocycles. The first-order valence-corrected chi connectivity index (χ1v) is 12.9. The van der Waals surface area contributed by atoms with E-state index < -0.39 is 12.1 Å². The quantitative estimate of drug-likeness (QED) is 0.398. The number of aryl methyl sites for hydroxylation is 2. The third kappa shape index (κ3) is 7.86. The highest BCUT2D eigenvalue weighted by atomic mass is 19.1. The minimum Gasteiger partial charge on any atom is -0.481 e. The van der Waals surface area contributed by atoms with Gasteiger partial charge in [0.1, 0.15) is 5.82 Å². The number of aliphatic hydroxyl groups is 1. The minimum absolute atomic E-state index is 0.0839. The number of rotatable bonds is 13. The second-order valence-corrected chi connectivity index (χ2v) is 9.88. The second kappa shape index (κ2) is 13.1. The highest BCUT2D eigenvalue weighted by Gasteiger charge is 2.27. The zero-order chi connectivity index (χ0) is 25.4. The molecule has 1 fully saturated rings. The van der Waals surface area contributed by atoms with Gasteiger partial charge in [-0.15, -0.1) is 0 Å². The fraction of sp³-hybridized carbons (Fsp3) is 0.552. The summed E-state index contributed by atoms with van der Waals surface area (Å²) in [4.78, 5) is 13.5. The Balaban J connectivity index is 1.60. The summed E-state index contributed by atoms with van der Waals surface area (Å²) in [7, 11) is 0. The number of likely N-dealkylation sites (tertiary alicyclic amines) is 1. The van der Waals surface area contributed by atoms with Crippen molar-refractivity contribution in [1.82, 2.24) is 4.90 Å². The van der Waals surface area contributed by atoms with E-state index in [-0.39, 0.29) is 31.0 Å². The van der Waals surface area contributed by atoms with Gasteiger partial charge in [0.05, 0.1) is 18.8 Å². The molecule has 1 aliphatic rings. The van der Waals surface area contributed by atoms with Crippen LogP contribution in [0.2, 0.25) is 0 Å². The van der Waals surface area contributed by atoms with E-state index in [1.165, 1.54) is 0 Å². The molecule has 1 saturated heterocycles. The lowest BCUT2D eigenvalue weighted by molar-refractivity contribution is -0.136. The molecule has 1 unspecified atom stereocenters. The van der Waals surface area contributed by atoms with Crippen molar-refractivity contribution in [1.29, 1.82) is 0 Å². The van der Waals surface area contributed by atoms with Crippen LogP contribution >= 0.6 is 0 Å². The first-order valence-electron chi connectivity index (χ1n) is 12.9. The molecule has 2 aromatic carbocycles. The molecule has 192 valence electrons. The topological polar surface area (TPSA) is 70.0 Å². The molecule has 3 rings (SSSR count). The number of carbonyl (C=O) groups is 1. The van der Waals surface area contributed by atoms with Gasteiger partial charge >= 0.3 is 5.97 Å². The Morgan fingerprint density at radius 1 is 1.23 bits per heavy atom. The molecular weight excluding hydrogens is 445 g/mol. The van der Waals surface area contributed by atoms with E-state index in [2.05, 4.69) is 11.8 Å². The maximum absolute atomic E-state index is 14.0. The maximum atomic E-state index is 14.0. The average Bonchev–Trinajstić information content (AvgIpc) is 3.24. The van der Waals surface area contributed by atoms with Crippen molar-refractivity contribution < 1.29 is 24.1 Å². The molecule has 0 amide bonds. The Kier molecular flexibility index (Phi) is 10.3. The van der Waals surface area contributed by atoms with Gasteiger partial charge in [-0.1, -0.05) is 43.7 Å². The van der Waals surface area contributed by atoms with Gasteiger partial charge in [-0.2, -0.15) is 0 Å². The molecule has 2 N–H and O–H groups in total. The number of aliphatic hydroxyl groups excluding tert-OH is 1. The summed E-state index contributed by atoms with van der Waals surface area (Å²) in [5.41, 5.74) is 4.79. The molecular formula is C29H40FNO4. The molecule has 3 atom stereocenters. The van der Waals surface area contributed by atoms with Crippen molar-refractivity contribution in [2.45, 2.75) is 84.0 Å². The van der Waals surface area contributed by atoms with Crippen LogP contribution in [-0.4, -0.2) is 52.9 Å². The van der Waals surface area contributed by atoms with E-state index in [4.69, 9.17) is 9.84 Å². The Bertz CT molecular complexity index is 979. The zero-order valence-electron chi connectivity index (χ0n) is 21.3.